The Morgan fingerprint density at radius 2 is 0.887 bits per heavy atom. The van der Waals surface area contributed by atoms with E-state index in [2.05, 4.69) is 228 Å². The van der Waals surface area contributed by atoms with Crippen molar-refractivity contribution in [2.24, 2.45) is 0 Å². The third-order valence-electron chi connectivity index (χ3n) is 12.7. The van der Waals surface area contributed by atoms with Gasteiger partial charge in [-0.1, -0.05) is 158 Å². The number of rotatable bonds is 5. The highest BCUT2D eigenvalue weighted by atomic mass is 15.0. The first-order valence-corrected chi connectivity index (χ1v) is 21.2. The van der Waals surface area contributed by atoms with Gasteiger partial charge in [-0.15, -0.1) is 0 Å². The first-order valence-electron chi connectivity index (χ1n) is 21.2. The largest absolute Gasteiger partial charge is 0.309 e. The highest BCUT2D eigenvalue weighted by Crippen LogP contribution is 2.41. The summed E-state index contributed by atoms with van der Waals surface area (Å²) in [6.07, 6.45) is 0. The fourth-order valence-corrected chi connectivity index (χ4v) is 9.79. The fraction of sp³-hybridized carbons (Fsp3) is 0. The summed E-state index contributed by atoms with van der Waals surface area (Å²) in [6, 6.07) is 78.6. The summed E-state index contributed by atoms with van der Waals surface area (Å²) in [5, 5.41) is 10.9. The zero-order valence-electron chi connectivity index (χ0n) is 33.6. The number of hydrogen-bond acceptors (Lipinski definition) is 2. The van der Waals surface area contributed by atoms with E-state index in [1.165, 1.54) is 65.3 Å². The van der Waals surface area contributed by atoms with Crippen molar-refractivity contribution in [1.82, 2.24) is 19.1 Å². The van der Waals surface area contributed by atoms with Crippen molar-refractivity contribution < 1.29 is 0 Å². The van der Waals surface area contributed by atoms with E-state index in [4.69, 9.17) is 9.97 Å². The van der Waals surface area contributed by atoms with E-state index >= 15 is 0 Å². The second-order valence-corrected chi connectivity index (χ2v) is 16.2. The van der Waals surface area contributed by atoms with Crippen LogP contribution in [0.25, 0.3) is 121 Å². The van der Waals surface area contributed by atoms with Gasteiger partial charge in [-0.05, 0) is 93.3 Å². The van der Waals surface area contributed by atoms with Gasteiger partial charge in [0, 0.05) is 49.4 Å². The molecule has 0 saturated heterocycles. The standard InChI is InChI=1S/C58H36N4/c1-2-13-37(14-3-1)38-25-27-40(28-26-38)57-47-21-8-10-23-51(47)59-58(60-57)43-18-12-19-44(33-43)62-53-32-30-45(36-50(53)49-34-41-16-4-5-17-42(41)35-55(49)62)61-52-24-11-9-22-48(52)56-46-20-7-6-15-39(46)29-31-54(56)61/h1-36H. The molecule has 0 bridgehead atoms. The van der Waals surface area contributed by atoms with Gasteiger partial charge in [0.25, 0.3) is 0 Å². The molecule has 13 rings (SSSR count). The Kier molecular flexibility index (Phi) is 7.57. The number of fused-ring (bicyclic) bond motifs is 10. The van der Waals surface area contributed by atoms with Gasteiger partial charge in [-0.25, -0.2) is 9.97 Å². The molecule has 4 heteroatoms. The molecule has 3 aromatic heterocycles. The third-order valence-corrected chi connectivity index (χ3v) is 12.7. The predicted octanol–water partition coefficient (Wildman–Crippen LogP) is 15.1. The number of aromatic nitrogens is 4. The smallest absolute Gasteiger partial charge is 0.160 e. The maximum Gasteiger partial charge on any atom is 0.160 e. The highest BCUT2D eigenvalue weighted by molar-refractivity contribution is 6.22. The summed E-state index contributed by atoms with van der Waals surface area (Å²) in [5.41, 5.74) is 13.1. The van der Waals surface area contributed by atoms with Crippen molar-refractivity contribution >= 4 is 76.1 Å². The molecule has 10 aromatic carbocycles. The maximum atomic E-state index is 5.32. The molecule has 0 fully saturated rings. The summed E-state index contributed by atoms with van der Waals surface area (Å²) in [4.78, 5) is 10.5. The molecule has 288 valence electrons. The summed E-state index contributed by atoms with van der Waals surface area (Å²) in [5.74, 6) is 0.695. The lowest BCUT2D eigenvalue weighted by Crippen LogP contribution is -1.98. The van der Waals surface area contributed by atoms with Gasteiger partial charge in [0.1, 0.15) is 0 Å². The van der Waals surface area contributed by atoms with Crippen LogP contribution in [-0.4, -0.2) is 19.1 Å². The van der Waals surface area contributed by atoms with E-state index in [1.54, 1.807) is 0 Å². The molecule has 0 amide bonds. The van der Waals surface area contributed by atoms with E-state index in [1.807, 2.05) is 0 Å². The molecular formula is C58H36N4. The number of benzene rings is 10. The van der Waals surface area contributed by atoms with Gasteiger partial charge >= 0.3 is 0 Å². The number of nitrogens with zero attached hydrogens (tertiary/aromatic N) is 4. The molecule has 0 aliphatic rings. The second-order valence-electron chi connectivity index (χ2n) is 16.2. The minimum Gasteiger partial charge on any atom is -0.309 e. The lowest BCUT2D eigenvalue weighted by atomic mass is 10.0. The van der Waals surface area contributed by atoms with E-state index in [0.29, 0.717) is 5.82 Å². The fourth-order valence-electron chi connectivity index (χ4n) is 9.79. The first-order chi connectivity index (χ1) is 30.7. The summed E-state index contributed by atoms with van der Waals surface area (Å²) < 4.78 is 4.85. The molecule has 13 aromatic rings. The van der Waals surface area contributed by atoms with Crippen molar-refractivity contribution in [3.63, 3.8) is 0 Å². The Morgan fingerprint density at radius 1 is 0.290 bits per heavy atom. The van der Waals surface area contributed by atoms with Crippen molar-refractivity contribution in [1.29, 1.82) is 0 Å². The monoisotopic (exact) mass is 788 g/mol. The van der Waals surface area contributed by atoms with Gasteiger partial charge in [-0.2, -0.15) is 0 Å². The maximum absolute atomic E-state index is 5.32. The SMILES string of the molecule is c1ccc(-c2ccc(-c3nc(-c4cccc(-n5c6ccc(-n7c8ccccc8c8c9ccccc9ccc87)cc6c6cc7ccccc7cc65)c4)nc4ccccc34)cc2)cc1. The molecule has 0 radical (unpaired) electrons. The predicted molar refractivity (Wildman–Crippen MR) is 260 cm³/mol. The Bertz CT molecular complexity index is 3910. The number of para-hydroxylation sites is 2. The molecular weight excluding hydrogens is 753 g/mol. The first kappa shape index (κ1) is 34.5. The van der Waals surface area contributed by atoms with Crippen molar-refractivity contribution in [2.45, 2.75) is 0 Å². The zero-order chi connectivity index (χ0) is 40.7. The molecule has 4 nitrogen and oxygen atoms in total. The van der Waals surface area contributed by atoms with Crippen LogP contribution in [0.2, 0.25) is 0 Å². The lowest BCUT2D eigenvalue weighted by Gasteiger charge is -2.13. The average Bonchev–Trinajstić information content (AvgIpc) is 3.85. The van der Waals surface area contributed by atoms with E-state index in [9.17, 15) is 0 Å². The van der Waals surface area contributed by atoms with Crippen LogP contribution in [0.4, 0.5) is 0 Å². The van der Waals surface area contributed by atoms with Crippen LogP contribution in [-0.2, 0) is 0 Å². The second kappa shape index (κ2) is 13.6. The van der Waals surface area contributed by atoms with Crippen molar-refractivity contribution in [3.05, 3.63) is 218 Å². The minimum atomic E-state index is 0.695. The third kappa shape index (κ3) is 5.33. The van der Waals surface area contributed by atoms with Crippen molar-refractivity contribution in [2.75, 3.05) is 0 Å². The normalized spacial score (nSPS) is 11.9. The molecule has 0 saturated carbocycles. The average molecular weight is 789 g/mol. The molecule has 0 aliphatic carbocycles. The van der Waals surface area contributed by atoms with Gasteiger partial charge in [-0.3, -0.25) is 0 Å². The molecule has 0 N–H and O–H groups in total. The summed E-state index contributed by atoms with van der Waals surface area (Å²) >= 11 is 0. The Labute approximate surface area is 357 Å². The highest BCUT2D eigenvalue weighted by Gasteiger charge is 2.19. The van der Waals surface area contributed by atoms with E-state index in [0.717, 1.165) is 50.1 Å². The van der Waals surface area contributed by atoms with Gasteiger partial charge in [0.2, 0.25) is 0 Å². The molecule has 3 heterocycles. The van der Waals surface area contributed by atoms with Crippen LogP contribution < -0.4 is 0 Å². The van der Waals surface area contributed by atoms with Crippen LogP contribution in [0.3, 0.4) is 0 Å². The van der Waals surface area contributed by atoms with Gasteiger partial charge < -0.3 is 9.13 Å². The molecule has 0 atom stereocenters. The van der Waals surface area contributed by atoms with Crippen LogP contribution >= 0.6 is 0 Å². The topological polar surface area (TPSA) is 35.6 Å². The molecule has 62 heavy (non-hydrogen) atoms. The van der Waals surface area contributed by atoms with E-state index < -0.39 is 0 Å². The minimum absolute atomic E-state index is 0.695. The van der Waals surface area contributed by atoms with Crippen LogP contribution in [0.15, 0.2) is 218 Å². The summed E-state index contributed by atoms with van der Waals surface area (Å²) in [7, 11) is 0. The van der Waals surface area contributed by atoms with Gasteiger partial charge in [0.15, 0.2) is 5.82 Å². The van der Waals surface area contributed by atoms with Crippen LogP contribution in [0.1, 0.15) is 0 Å². The van der Waals surface area contributed by atoms with Crippen LogP contribution in [0.5, 0.6) is 0 Å². The quantitative estimate of drug-likeness (QED) is 0.174. The Morgan fingerprint density at radius 3 is 1.74 bits per heavy atom. The summed E-state index contributed by atoms with van der Waals surface area (Å²) in [6.45, 7) is 0. The van der Waals surface area contributed by atoms with Crippen LogP contribution in [0, 0.1) is 0 Å². The van der Waals surface area contributed by atoms with Gasteiger partial charge in [0.05, 0.1) is 33.3 Å². The van der Waals surface area contributed by atoms with Crippen molar-refractivity contribution in [3.8, 4) is 45.1 Å². The molecule has 0 spiro atoms. The Hall–Kier alpha value is -8.34. The van der Waals surface area contributed by atoms with E-state index in [-0.39, 0.29) is 0 Å². The Balaban J connectivity index is 1.00. The molecule has 0 unspecified atom stereocenters. The number of hydrogen-bond donors (Lipinski definition) is 0. The zero-order valence-corrected chi connectivity index (χ0v) is 33.6. The lowest BCUT2D eigenvalue weighted by molar-refractivity contribution is 1.16. The molecule has 0 aliphatic heterocycles.